The number of urea groups is 1. The van der Waals surface area contributed by atoms with E-state index in [9.17, 15) is 4.79 Å². The van der Waals surface area contributed by atoms with E-state index >= 15 is 0 Å². The third-order valence-corrected chi connectivity index (χ3v) is 2.67. The van der Waals surface area contributed by atoms with Crippen LogP contribution in [0.2, 0.25) is 0 Å². The largest absolute Gasteiger partial charge is 0.370 e. The Hall–Kier alpha value is -2.04. The van der Waals surface area contributed by atoms with E-state index in [0.29, 0.717) is 0 Å². The molecule has 5 nitrogen and oxygen atoms in total. The molecule has 1 aromatic carbocycles. The standard InChI is InChI=1S/C13H20N4O/c1-4-5-10-6-7-11(9(2)8-10)17(3)13(18)16-12(14)15/h6-8H,4-5H2,1-3H3,(H4,14,15,16,18). The van der Waals surface area contributed by atoms with Crippen molar-refractivity contribution in [3.8, 4) is 0 Å². The fourth-order valence-electron chi connectivity index (χ4n) is 1.83. The van der Waals surface area contributed by atoms with Gasteiger partial charge in [-0.05, 0) is 30.5 Å². The average Bonchev–Trinajstić information content (AvgIpc) is 2.28. The van der Waals surface area contributed by atoms with Crippen molar-refractivity contribution in [2.45, 2.75) is 26.7 Å². The summed E-state index contributed by atoms with van der Waals surface area (Å²) < 4.78 is 0. The Kier molecular flexibility index (Phi) is 4.71. The molecule has 2 amide bonds. The van der Waals surface area contributed by atoms with Crippen molar-refractivity contribution in [1.29, 1.82) is 0 Å². The second kappa shape index (κ2) is 6.05. The first-order chi connectivity index (χ1) is 8.45. The third-order valence-electron chi connectivity index (χ3n) is 2.67. The molecule has 0 aliphatic carbocycles. The molecule has 0 radical (unpaired) electrons. The molecule has 0 heterocycles. The molecule has 0 aliphatic rings. The van der Waals surface area contributed by atoms with E-state index in [4.69, 9.17) is 11.5 Å². The molecule has 98 valence electrons. The molecule has 0 aliphatic heterocycles. The number of guanidine groups is 1. The molecular formula is C13H20N4O. The van der Waals surface area contributed by atoms with E-state index in [1.807, 2.05) is 19.1 Å². The number of nitrogens with zero attached hydrogens (tertiary/aromatic N) is 2. The van der Waals surface area contributed by atoms with E-state index in [1.165, 1.54) is 10.5 Å². The Morgan fingerprint density at radius 1 is 1.39 bits per heavy atom. The topological polar surface area (TPSA) is 84.7 Å². The van der Waals surface area contributed by atoms with Gasteiger partial charge in [0.15, 0.2) is 5.96 Å². The normalized spacial score (nSPS) is 9.94. The smallest absolute Gasteiger partial charge is 0.350 e. The highest BCUT2D eigenvalue weighted by molar-refractivity contribution is 5.99. The van der Waals surface area contributed by atoms with Crippen molar-refractivity contribution < 1.29 is 4.79 Å². The maximum atomic E-state index is 11.7. The molecule has 0 unspecified atom stereocenters. The van der Waals surface area contributed by atoms with E-state index in [2.05, 4.69) is 18.0 Å². The summed E-state index contributed by atoms with van der Waals surface area (Å²) in [4.78, 5) is 16.6. The Balaban J connectivity index is 2.96. The Morgan fingerprint density at radius 3 is 2.56 bits per heavy atom. The predicted octanol–water partition coefficient (Wildman–Crippen LogP) is 1.78. The van der Waals surface area contributed by atoms with Crippen molar-refractivity contribution in [1.82, 2.24) is 0 Å². The number of aryl methyl sites for hydroxylation is 2. The zero-order valence-electron chi connectivity index (χ0n) is 11.1. The summed E-state index contributed by atoms with van der Waals surface area (Å²) in [5.74, 6) is -0.230. The lowest BCUT2D eigenvalue weighted by molar-refractivity contribution is 0.255. The number of anilines is 1. The van der Waals surface area contributed by atoms with Gasteiger partial charge < -0.3 is 11.5 Å². The highest BCUT2D eigenvalue weighted by atomic mass is 16.2. The third kappa shape index (κ3) is 3.48. The van der Waals surface area contributed by atoms with E-state index in [-0.39, 0.29) is 5.96 Å². The summed E-state index contributed by atoms with van der Waals surface area (Å²) in [6.07, 6.45) is 2.13. The van der Waals surface area contributed by atoms with Gasteiger partial charge in [-0.3, -0.25) is 4.90 Å². The molecular weight excluding hydrogens is 228 g/mol. The molecule has 0 saturated heterocycles. The van der Waals surface area contributed by atoms with Gasteiger partial charge in [-0.2, -0.15) is 4.99 Å². The van der Waals surface area contributed by atoms with E-state index < -0.39 is 6.03 Å². The number of hydrogen-bond donors (Lipinski definition) is 2. The van der Waals surface area contributed by atoms with Gasteiger partial charge in [0, 0.05) is 12.7 Å². The number of hydrogen-bond acceptors (Lipinski definition) is 1. The zero-order chi connectivity index (χ0) is 13.7. The van der Waals surface area contributed by atoms with Gasteiger partial charge >= 0.3 is 6.03 Å². The molecule has 4 N–H and O–H groups in total. The lowest BCUT2D eigenvalue weighted by atomic mass is 10.1. The van der Waals surface area contributed by atoms with Gasteiger partial charge in [0.2, 0.25) is 0 Å². The first-order valence-corrected chi connectivity index (χ1v) is 5.92. The SMILES string of the molecule is CCCc1ccc(N(C)C(=O)N=C(N)N)c(C)c1. The number of nitrogens with two attached hydrogens (primary N) is 2. The van der Waals surface area contributed by atoms with Crippen LogP contribution in [0.5, 0.6) is 0 Å². The summed E-state index contributed by atoms with van der Waals surface area (Å²) in [5.41, 5.74) is 13.5. The van der Waals surface area contributed by atoms with Gasteiger partial charge in [-0.1, -0.05) is 25.5 Å². The van der Waals surface area contributed by atoms with Crippen molar-refractivity contribution in [2.75, 3.05) is 11.9 Å². The van der Waals surface area contributed by atoms with Gasteiger partial charge in [0.05, 0.1) is 0 Å². The van der Waals surface area contributed by atoms with Crippen molar-refractivity contribution in [3.63, 3.8) is 0 Å². The van der Waals surface area contributed by atoms with Crippen LogP contribution in [0.3, 0.4) is 0 Å². The Labute approximate surface area is 107 Å². The summed E-state index contributed by atoms with van der Waals surface area (Å²) in [6, 6.07) is 5.55. The molecule has 0 fully saturated rings. The molecule has 0 atom stereocenters. The summed E-state index contributed by atoms with van der Waals surface area (Å²) >= 11 is 0. The maximum absolute atomic E-state index is 11.7. The van der Waals surface area contributed by atoms with Crippen LogP contribution >= 0.6 is 0 Å². The second-order valence-electron chi connectivity index (χ2n) is 4.25. The molecule has 18 heavy (non-hydrogen) atoms. The first-order valence-electron chi connectivity index (χ1n) is 5.92. The Bertz CT molecular complexity index is 464. The van der Waals surface area contributed by atoms with Gasteiger partial charge in [-0.15, -0.1) is 0 Å². The second-order valence-corrected chi connectivity index (χ2v) is 4.25. The molecule has 0 bridgehead atoms. The number of carbonyl (C=O) groups excluding carboxylic acids is 1. The average molecular weight is 248 g/mol. The minimum Gasteiger partial charge on any atom is -0.370 e. The lowest BCUT2D eigenvalue weighted by Gasteiger charge is -2.17. The zero-order valence-corrected chi connectivity index (χ0v) is 11.1. The number of amides is 2. The summed E-state index contributed by atoms with van der Waals surface area (Å²) in [7, 11) is 1.65. The molecule has 0 spiro atoms. The van der Waals surface area contributed by atoms with Crippen LogP contribution < -0.4 is 16.4 Å². The van der Waals surface area contributed by atoms with E-state index in [1.54, 1.807) is 7.05 Å². The van der Waals surface area contributed by atoms with Crippen LogP contribution in [0.4, 0.5) is 10.5 Å². The molecule has 1 rings (SSSR count). The molecule has 0 saturated carbocycles. The summed E-state index contributed by atoms with van der Waals surface area (Å²) in [5, 5.41) is 0. The quantitative estimate of drug-likeness (QED) is 0.631. The van der Waals surface area contributed by atoms with Crippen LogP contribution in [-0.4, -0.2) is 19.0 Å². The number of rotatable bonds is 3. The van der Waals surface area contributed by atoms with Crippen molar-refractivity contribution >= 4 is 17.7 Å². The first kappa shape index (κ1) is 14.0. The number of aliphatic imine (C=N–C) groups is 1. The molecule has 5 heteroatoms. The Morgan fingerprint density at radius 2 is 2.06 bits per heavy atom. The minimum atomic E-state index is -0.471. The maximum Gasteiger partial charge on any atom is 0.350 e. The van der Waals surface area contributed by atoms with Crippen LogP contribution in [0.25, 0.3) is 0 Å². The predicted molar refractivity (Wildman–Crippen MR) is 74.8 cm³/mol. The van der Waals surface area contributed by atoms with Crippen molar-refractivity contribution in [2.24, 2.45) is 16.5 Å². The monoisotopic (exact) mass is 248 g/mol. The van der Waals surface area contributed by atoms with Crippen molar-refractivity contribution in [3.05, 3.63) is 29.3 Å². The molecule has 0 aromatic heterocycles. The number of benzene rings is 1. The molecule has 1 aromatic rings. The van der Waals surface area contributed by atoms with Crippen LogP contribution in [0.15, 0.2) is 23.2 Å². The highest BCUT2D eigenvalue weighted by Crippen LogP contribution is 2.21. The van der Waals surface area contributed by atoms with Crippen LogP contribution in [-0.2, 0) is 6.42 Å². The van der Waals surface area contributed by atoms with Gasteiger partial charge in [-0.25, -0.2) is 4.79 Å². The fourth-order valence-corrected chi connectivity index (χ4v) is 1.83. The van der Waals surface area contributed by atoms with Crippen LogP contribution in [0, 0.1) is 6.92 Å². The lowest BCUT2D eigenvalue weighted by Crippen LogP contribution is -2.30. The van der Waals surface area contributed by atoms with Gasteiger partial charge in [0.25, 0.3) is 0 Å². The minimum absolute atomic E-state index is 0.230. The fraction of sp³-hybridized carbons (Fsp3) is 0.385. The summed E-state index contributed by atoms with van der Waals surface area (Å²) in [6.45, 7) is 4.10. The van der Waals surface area contributed by atoms with Gasteiger partial charge in [0.1, 0.15) is 0 Å². The highest BCUT2D eigenvalue weighted by Gasteiger charge is 2.12. The van der Waals surface area contributed by atoms with E-state index in [0.717, 1.165) is 24.1 Å². The number of carbonyl (C=O) groups is 1. The van der Waals surface area contributed by atoms with Crippen LogP contribution in [0.1, 0.15) is 24.5 Å².